The first-order valence-electron chi connectivity index (χ1n) is 16.8. The Morgan fingerprint density at radius 3 is 2.34 bits per heavy atom. The number of ether oxygens (including phenoxy) is 4. The van der Waals surface area contributed by atoms with E-state index < -0.39 is 37.3 Å². The predicted molar refractivity (Wildman–Crippen MR) is 150 cm³/mol. The number of hydrogen-bond acceptors (Lipinski definition) is 8. The van der Waals surface area contributed by atoms with Crippen molar-refractivity contribution in [2.75, 3.05) is 13.2 Å². The van der Waals surface area contributed by atoms with Gasteiger partial charge in [0.2, 0.25) is 0 Å². The van der Waals surface area contributed by atoms with E-state index in [0.29, 0.717) is 35.2 Å². The Morgan fingerprint density at radius 1 is 0.829 bits per heavy atom. The molecule has 4 saturated carbocycles. The van der Waals surface area contributed by atoms with Gasteiger partial charge in [0.05, 0.1) is 25.4 Å². The largest absolute Gasteiger partial charge is 0.394 e. The van der Waals surface area contributed by atoms with Gasteiger partial charge >= 0.3 is 0 Å². The summed E-state index contributed by atoms with van der Waals surface area (Å²) in [5, 5.41) is 40.4. The summed E-state index contributed by atoms with van der Waals surface area (Å²) in [5.74, 6) is 4.08. The van der Waals surface area contributed by atoms with E-state index in [9.17, 15) is 20.4 Å². The lowest BCUT2D eigenvalue weighted by Crippen LogP contribution is -2.60. The van der Waals surface area contributed by atoms with Crippen LogP contribution in [-0.2, 0) is 18.9 Å². The normalized spacial score (nSPS) is 60.3. The molecule has 7 fully saturated rings. The van der Waals surface area contributed by atoms with Crippen LogP contribution in [0, 0.1) is 52.3 Å². The van der Waals surface area contributed by atoms with Gasteiger partial charge in [0.1, 0.15) is 24.4 Å². The highest BCUT2D eigenvalue weighted by molar-refractivity contribution is 5.15. The zero-order valence-electron chi connectivity index (χ0n) is 25.5. The molecule has 0 aromatic rings. The second kappa shape index (κ2) is 10.4. The van der Waals surface area contributed by atoms with E-state index in [2.05, 4.69) is 27.7 Å². The van der Waals surface area contributed by atoms with E-state index in [-0.39, 0.29) is 17.3 Å². The molecular formula is C33H54O8. The van der Waals surface area contributed by atoms with Gasteiger partial charge in [-0.05, 0) is 104 Å². The SMILES string of the molecule is C[C@H]1CC[C@@]2(OC1)O[C@H]1C[C@H]3[C@@H]4CC[C@@H]5C[C@@H](O[C@@H]6OC(CO)C(O)C(O)C6O)CC[C@]5(C)[C@H]4CC[C@]3(C)[C@H]1[C@@H]2C. The topological polar surface area (TPSA) is 118 Å². The summed E-state index contributed by atoms with van der Waals surface area (Å²) in [7, 11) is 0. The quantitative estimate of drug-likeness (QED) is 0.375. The minimum Gasteiger partial charge on any atom is -0.394 e. The third kappa shape index (κ3) is 4.36. The molecule has 3 aliphatic heterocycles. The van der Waals surface area contributed by atoms with Crippen molar-refractivity contribution in [2.24, 2.45) is 52.3 Å². The number of aliphatic hydroxyl groups excluding tert-OH is 4. The molecule has 0 aromatic heterocycles. The van der Waals surface area contributed by atoms with Crippen LogP contribution in [0.15, 0.2) is 0 Å². The van der Waals surface area contributed by atoms with Gasteiger partial charge in [-0.3, -0.25) is 0 Å². The molecule has 7 aliphatic rings. The zero-order chi connectivity index (χ0) is 28.9. The monoisotopic (exact) mass is 578 g/mol. The molecule has 3 heterocycles. The van der Waals surface area contributed by atoms with Crippen molar-refractivity contribution in [1.82, 2.24) is 0 Å². The minimum atomic E-state index is -1.40. The standard InChI is InChI=1S/C33H54O8/c1-17-7-12-33(38-16-17)18(2)26-24(41-33)14-23-21-6-5-19-13-20(8-10-31(19,3)22(21)9-11-32(23,26)4)39-30-29(37)28(36)27(35)25(15-34)40-30/h17-30,34-37H,5-16H2,1-4H3/t17-,18-,19+,20-,21+,22-,23-,24-,25?,26-,27?,28?,29?,30+,31-,32-,33+/m0/s1. The van der Waals surface area contributed by atoms with Gasteiger partial charge in [-0.25, -0.2) is 0 Å². The highest BCUT2D eigenvalue weighted by Crippen LogP contribution is 2.71. The lowest BCUT2D eigenvalue weighted by atomic mass is 9.44. The second-order valence-corrected chi connectivity index (χ2v) is 15.9. The first kappa shape index (κ1) is 29.4. The van der Waals surface area contributed by atoms with Crippen molar-refractivity contribution < 1.29 is 39.4 Å². The maximum Gasteiger partial charge on any atom is 0.186 e. The lowest BCUT2D eigenvalue weighted by Gasteiger charge is -2.61. The van der Waals surface area contributed by atoms with E-state index in [1.54, 1.807) is 0 Å². The van der Waals surface area contributed by atoms with Crippen LogP contribution in [0.5, 0.6) is 0 Å². The third-order valence-corrected chi connectivity index (χ3v) is 14.1. The molecule has 8 nitrogen and oxygen atoms in total. The molecule has 0 bridgehead atoms. The van der Waals surface area contributed by atoms with Crippen LogP contribution in [0.4, 0.5) is 0 Å². The Bertz CT molecular complexity index is 967. The molecule has 0 aromatic carbocycles. The van der Waals surface area contributed by atoms with E-state index in [0.717, 1.165) is 50.0 Å². The summed E-state index contributed by atoms with van der Waals surface area (Å²) in [6, 6.07) is 0. The van der Waals surface area contributed by atoms with Crippen molar-refractivity contribution in [3.05, 3.63) is 0 Å². The molecule has 8 heteroatoms. The van der Waals surface area contributed by atoms with E-state index in [4.69, 9.17) is 18.9 Å². The van der Waals surface area contributed by atoms with Crippen LogP contribution in [0.25, 0.3) is 0 Å². The first-order valence-corrected chi connectivity index (χ1v) is 16.8. The minimum absolute atomic E-state index is 0.0607. The van der Waals surface area contributed by atoms with Crippen LogP contribution < -0.4 is 0 Å². The summed E-state index contributed by atoms with van der Waals surface area (Å²) < 4.78 is 25.4. The van der Waals surface area contributed by atoms with Gasteiger partial charge in [0.25, 0.3) is 0 Å². The molecule has 1 spiro atoms. The summed E-state index contributed by atoms with van der Waals surface area (Å²) in [5.41, 5.74) is 0.612. The zero-order valence-corrected chi connectivity index (χ0v) is 25.5. The average molecular weight is 579 g/mol. The van der Waals surface area contributed by atoms with Crippen LogP contribution >= 0.6 is 0 Å². The van der Waals surface area contributed by atoms with Crippen LogP contribution in [0.2, 0.25) is 0 Å². The Balaban J connectivity index is 1.03. The number of rotatable bonds is 3. The molecule has 41 heavy (non-hydrogen) atoms. The van der Waals surface area contributed by atoms with Crippen molar-refractivity contribution in [3.8, 4) is 0 Å². The summed E-state index contributed by atoms with van der Waals surface area (Å²) in [4.78, 5) is 0. The molecule has 17 atom stereocenters. The van der Waals surface area contributed by atoms with Crippen molar-refractivity contribution >= 4 is 0 Å². The molecule has 4 unspecified atom stereocenters. The fourth-order valence-electron chi connectivity index (χ4n) is 11.7. The Kier molecular flexibility index (Phi) is 7.43. The van der Waals surface area contributed by atoms with Crippen LogP contribution in [-0.4, -0.2) is 82.3 Å². The molecule has 3 saturated heterocycles. The number of fused-ring (bicyclic) bond motifs is 7. The van der Waals surface area contributed by atoms with Crippen LogP contribution in [0.1, 0.15) is 91.9 Å². The summed E-state index contributed by atoms with van der Waals surface area (Å²) in [6.07, 6.45) is 5.64. The van der Waals surface area contributed by atoms with Crippen molar-refractivity contribution in [2.45, 2.75) is 141 Å². The highest BCUT2D eigenvalue weighted by atomic mass is 16.7. The fourth-order valence-corrected chi connectivity index (χ4v) is 11.7. The second-order valence-electron chi connectivity index (χ2n) is 15.9. The highest BCUT2D eigenvalue weighted by Gasteiger charge is 2.69. The molecule has 0 radical (unpaired) electrons. The summed E-state index contributed by atoms with van der Waals surface area (Å²) in [6.45, 7) is 10.3. The maximum absolute atomic E-state index is 10.5. The van der Waals surface area contributed by atoms with Crippen molar-refractivity contribution in [1.29, 1.82) is 0 Å². The Labute approximate surface area is 245 Å². The predicted octanol–water partition coefficient (Wildman–Crippen LogP) is 3.62. The molecule has 234 valence electrons. The third-order valence-electron chi connectivity index (χ3n) is 14.1. The smallest absolute Gasteiger partial charge is 0.186 e. The molecule has 0 amide bonds. The first-order chi connectivity index (χ1) is 19.5. The van der Waals surface area contributed by atoms with Gasteiger partial charge in [0.15, 0.2) is 12.1 Å². The van der Waals surface area contributed by atoms with Gasteiger partial charge < -0.3 is 39.4 Å². The van der Waals surface area contributed by atoms with E-state index in [1.807, 2.05) is 0 Å². The van der Waals surface area contributed by atoms with Gasteiger partial charge in [-0.15, -0.1) is 0 Å². The van der Waals surface area contributed by atoms with Gasteiger partial charge in [-0.1, -0.05) is 27.7 Å². The molecular weight excluding hydrogens is 524 g/mol. The van der Waals surface area contributed by atoms with E-state index in [1.165, 1.54) is 38.5 Å². The Hall–Kier alpha value is -0.320. The summed E-state index contributed by atoms with van der Waals surface area (Å²) >= 11 is 0. The lowest BCUT2D eigenvalue weighted by molar-refractivity contribution is -0.316. The Morgan fingerprint density at radius 2 is 1.61 bits per heavy atom. The van der Waals surface area contributed by atoms with Crippen molar-refractivity contribution in [3.63, 3.8) is 0 Å². The molecule has 4 aliphatic carbocycles. The average Bonchev–Trinajstić information content (AvgIpc) is 3.40. The van der Waals surface area contributed by atoms with Gasteiger partial charge in [0, 0.05) is 12.3 Å². The van der Waals surface area contributed by atoms with E-state index >= 15 is 0 Å². The molecule has 7 rings (SSSR count). The van der Waals surface area contributed by atoms with Crippen LogP contribution in [0.3, 0.4) is 0 Å². The number of hydrogen-bond donors (Lipinski definition) is 4. The fraction of sp³-hybridized carbons (Fsp3) is 1.00. The number of aliphatic hydroxyl groups is 4. The molecule has 4 N–H and O–H groups in total. The maximum atomic E-state index is 10.5. The van der Waals surface area contributed by atoms with Gasteiger partial charge in [-0.2, -0.15) is 0 Å².